The maximum absolute atomic E-state index is 13.1. The van der Waals surface area contributed by atoms with E-state index in [2.05, 4.69) is 12.2 Å². The van der Waals surface area contributed by atoms with Crippen molar-refractivity contribution in [3.05, 3.63) is 24.1 Å². The highest BCUT2D eigenvalue weighted by atomic mass is 19.1. The second-order valence-corrected chi connectivity index (χ2v) is 7.18. The Labute approximate surface area is 133 Å². The van der Waals surface area contributed by atoms with E-state index in [9.17, 15) is 4.39 Å². The van der Waals surface area contributed by atoms with Gasteiger partial charge in [0.2, 0.25) is 0 Å². The van der Waals surface area contributed by atoms with E-state index < -0.39 is 0 Å². The Balaban J connectivity index is 1.42. The van der Waals surface area contributed by atoms with Crippen LogP contribution in [0.25, 0.3) is 0 Å². The Morgan fingerprint density at radius 1 is 1.00 bits per heavy atom. The summed E-state index contributed by atoms with van der Waals surface area (Å²) < 4.78 is 25.0. The molecule has 2 nitrogen and oxygen atoms in total. The molecular formula is C19H29FO2. The molecule has 2 fully saturated rings. The minimum atomic E-state index is 0.00570. The van der Waals surface area contributed by atoms with Crippen LogP contribution in [-0.2, 0) is 9.47 Å². The third kappa shape index (κ3) is 3.99. The van der Waals surface area contributed by atoms with E-state index in [1.807, 2.05) is 13.0 Å². The van der Waals surface area contributed by atoms with Gasteiger partial charge in [0.15, 0.2) is 6.29 Å². The van der Waals surface area contributed by atoms with Crippen molar-refractivity contribution in [2.75, 3.05) is 13.2 Å². The first-order chi connectivity index (χ1) is 10.8. The molecule has 22 heavy (non-hydrogen) atoms. The third-order valence-corrected chi connectivity index (χ3v) is 5.68. The number of halogens is 1. The van der Waals surface area contributed by atoms with Gasteiger partial charge in [0, 0.05) is 11.8 Å². The molecule has 1 aliphatic heterocycles. The average molecular weight is 308 g/mol. The number of hydrogen-bond donors (Lipinski definition) is 0. The van der Waals surface area contributed by atoms with E-state index in [4.69, 9.17) is 9.47 Å². The Bertz CT molecular complexity index is 402. The fraction of sp³-hybridized carbons (Fsp3) is 0.789. The van der Waals surface area contributed by atoms with Crippen molar-refractivity contribution < 1.29 is 13.9 Å². The Morgan fingerprint density at radius 3 is 2.27 bits per heavy atom. The van der Waals surface area contributed by atoms with Crippen LogP contribution in [0.1, 0.15) is 51.9 Å². The summed E-state index contributed by atoms with van der Waals surface area (Å²) >= 11 is 0. The highest BCUT2D eigenvalue weighted by Gasteiger charge is 2.34. The highest BCUT2D eigenvalue weighted by molar-refractivity contribution is 4.99. The summed E-state index contributed by atoms with van der Waals surface area (Å²) in [5.74, 6) is 2.55. The lowest BCUT2D eigenvalue weighted by molar-refractivity contribution is -0.223. The molecule has 1 saturated heterocycles. The van der Waals surface area contributed by atoms with Crippen molar-refractivity contribution in [1.82, 2.24) is 0 Å². The highest BCUT2D eigenvalue weighted by Crippen LogP contribution is 2.41. The van der Waals surface area contributed by atoms with E-state index in [-0.39, 0.29) is 12.1 Å². The molecule has 3 aliphatic rings. The molecule has 0 spiro atoms. The summed E-state index contributed by atoms with van der Waals surface area (Å²) in [5, 5.41) is 0. The van der Waals surface area contributed by atoms with Gasteiger partial charge in [-0.2, -0.15) is 0 Å². The topological polar surface area (TPSA) is 18.5 Å². The van der Waals surface area contributed by atoms with Crippen LogP contribution < -0.4 is 0 Å². The number of hydrogen-bond acceptors (Lipinski definition) is 2. The average Bonchev–Trinajstić information content (AvgIpc) is 2.57. The lowest BCUT2D eigenvalue weighted by Crippen LogP contribution is -2.38. The van der Waals surface area contributed by atoms with Crippen LogP contribution in [0.3, 0.4) is 0 Å². The van der Waals surface area contributed by atoms with Gasteiger partial charge < -0.3 is 9.47 Å². The maximum Gasteiger partial charge on any atom is 0.160 e. The van der Waals surface area contributed by atoms with Crippen LogP contribution in [-0.4, -0.2) is 19.5 Å². The minimum Gasteiger partial charge on any atom is -0.352 e. The molecule has 0 aromatic heterocycles. The van der Waals surface area contributed by atoms with Crippen LogP contribution in [0.4, 0.5) is 4.39 Å². The lowest BCUT2D eigenvalue weighted by Gasteiger charge is -2.39. The van der Waals surface area contributed by atoms with Crippen molar-refractivity contribution in [3.8, 4) is 0 Å². The lowest BCUT2D eigenvalue weighted by atomic mass is 9.72. The van der Waals surface area contributed by atoms with E-state index in [0.29, 0.717) is 24.2 Å². The number of ether oxygens (including phenoxy) is 2. The molecule has 1 saturated carbocycles. The molecule has 1 heterocycles. The smallest absolute Gasteiger partial charge is 0.160 e. The summed E-state index contributed by atoms with van der Waals surface area (Å²) in [7, 11) is 0. The van der Waals surface area contributed by atoms with E-state index in [1.165, 1.54) is 25.7 Å². The standard InChI is InChI=1S/C19H29FO2/c1-2-3-14-12-21-19(22-13-14)17-6-4-15(5-7-17)16-8-10-18(20)11-9-16/h2-3,10,14-17,19H,4-9,11-13H2,1H3. The normalized spacial score (nSPS) is 40.6. The van der Waals surface area contributed by atoms with E-state index >= 15 is 0 Å². The van der Waals surface area contributed by atoms with Crippen LogP contribution in [0.15, 0.2) is 24.1 Å². The molecular weight excluding hydrogens is 279 g/mol. The Hall–Kier alpha value is -0.670. The molecule has 2 aliphatic carbocycles. The van der Waals surface area contributed by atoms with Crippen LogP contribution in [0, 0.1) is 23.7 Å². The first-order valence-corrected chi connectivity index (χ1v) is 8.96. The van der Waals surface area contributed by atoms with E-state index in [1.54, 1.807) is 0 Å². The Morgan fingerprint density at radius 2 is 1.68 bits per heavy atom. The van der Waals surface area contributed by atoms with Gasteiger partial charge in [-0.3, -0.25) is 0 Å². The predicted molar refractivity (Wildman–Crippen MR) is 86.0 cm³/mol. The fourth-order valence-corrected chi connectivity index (χ4v) is 4.33. The zero-order valence-electron chi connectivity index (χ0n) is 13.7. The largest absolute Gasteiger partial charge is 0.352 e. The second kappa shape index (κ2) is 7.74. The zero-order valence-corrected chi connectivity index (χ0v) is 13.7. The van der Waals surface area contributed by atoms with Gasteiger partial charge in [-0.15, -0.1) is 0 Å². The first-order valence-electron chi connectivity index (χ1n) is 8.96. The molecule has 3 heteroatoms. The van der Waals surface area contributed by atoms with Gasteiger partial charge >= 0.3 is 0 Å². The van der Waals surface area contributed by atoms with Crippen LogP contribution in [0.5, 0.6) is 0 Å². The fourth-order valence-electron chi connectivity index (χ4n) is 4.33. The molecule has 3 rings (SSSR count). The first kappa shape index (κ1) is 16.2. The van der Waals surface area contributed by atoms with Gasteiger partial charge in [-0.1, -0.05) is 18.2 Å². The SMILES string of the molecule is CC=CC1COC(C2CCC(C3CC=C(F)CC3)CC2)OC1. The van der Waals surface area contributed by atoms with Gasteiger partial charge in [-0.25, -0.2) is 4.39 Å². The molecule has 124 valence electrons. The van der Waals surface area contributed by atoms with Crippen LogP contribution in [0.2, 0.25) is 0 Å². The summed E-state index contributed by atoms with van der Waals surface area (Å²) in [6.45, 7) is 3.63. The summed E-state index contributed by atoms with van der Waals surface area (Å²) in [5.41, 5.74) is 0. The minimum absolute atomic E-state index is 0.00570. The van der Waals surface area contributed by atoms with Gasteiger partial charge in [-0.05, 0) is 63.7 Å². The van der Waals surface area contributed by atoms with Crippen molar-refractivity contribution in [1.29, 1.82) is 0 Å². The van der Waals surface area contributed by atoms with Gasteiger partial charge in [0.25, 0.3) is 0 Å². The van der Waals surface area contributed by atoms with Crippen LogP contribution >= 0.6 is 0 Å². The Kier molecular flexibility index (Phi) is 5.70. The summed E-state index contributed by atoms with van der Waals surface area (Å²) in [6.07, 6.45) is 13.6. The molecule has 1 atom stereocenters. The molecule has 0 N–H and O–H groups in total. The van der Waals surface area contributed by atoms with Gasteiger partial charge in [0.1, 0.15) is 0 Å². The molecule has 0 aromatic carbocycles. The molecule has 0 amide bonds. The van der Waals surface area contributed by atoms with Crippen molar-refractivity contribution in [3.63, 3.8) is 0 Å². The number of rotatable bonds is 3. The second-order valence-electron chi connectivity index (χ2n) is 7.18. The monoisotopic (exact) mass is 308 g/mol. The number of allylic oxidation sites excluding steroid dienone is 3. The quantitative estimate of drug-likeness (QED) is 0.682. The maximum atomic E-state index is 13.1. The molecule has 0 radical (unpaired) electrons. The third-order valence-electron chi connectivity index (χ3n) is 5.68. The molecule has 0 bridgehead atoms. The van der Waals surface area contributed by atoms with Crippen molar-refractivity contribution >= 4 is 0 Å². The molecule has 0 aromatic rings. The molecule has 1 unspecified atom stereocenters. The summed E-state index contributed by atoms with van der Waals surface area (Å²) in [6, 6.07) is 0. The van der Waals surface area contributed by atoms with Crippen molar-refractivity contribution in [2.45, 2.75) is 58.2 Å². The van der Waals surface area contributed by atoms with Crippen molar-refractivity contribution in [2.24, 2.45) is 23.7 Å². The van der Waals surface area contributed by atoms with Gasteiger partial charge in [0.05, 0.1) is 19.0 Å². The summed E-state index contributed by atoms with van der Waals surface area (Å²) in [4.78, 5) is 0. The predicted octanol–water partition coefficient (Wildman–Crippen LogP) is 5.01. The van der Waals surface area contributed by atoms with E-state index in [0.717, 1.165) is 32.0 Å². The zero-order chi connectivity index (χ0) is 15.4.